The Morgan fingerprint density at radius 3 is 2.42 bits per heavy atom. The van der Waals surface area contributed by atoms with Gasteiger partial charge in [0.2, 0.25) is 0 Å². The Balaban J connectivity index is 2.13. The van der Waals surface area contributed by atoms with E-state index in [1.54, 1.807) is 7.11 Å². The van der Waals surface area contributed by atoms with Gasteiger partial charge in [-0.15, -0.1) is 0 Å². The molecule has 0 bridgehead atoms. The van der Waals surface area contributed by atoms with Crippen molar-refractivity contribution in [1.82, 2.24) is 0 Å². The first-order valence-corrected chi connectivity index (χ1v) is 6.89. The molecular formula is C17H13BrO. The van der Waals surface area contributed by atoms with Crippen molar-refractivity contribution >= 4 is 26.7 Å². The second kappa shape index (κ2) is 5.06. The Morgan fingerprint density at radius 2 is 1.58 bits per heavy atom. The first kappa shape index (κ1) is 12.2. The van der Waals surface area contributed by atoms with Crippen LogP contribution in [-0.4, -0.2) is 7.11 Å². The first-order chi connectivity index (χ1) is 9.26. The van der Waals surface area contributed by atoms with Gasteiger partial charge in [0.05, 0.1) is 7.11 Å². The Labute approximate surface area is 121 Å². The van der Waals surface area contributed by atoms with Crippen LogP contribution >= 0.6 is 15.9 Å². The van der Waals surface area contributed by atoms with E-state index in [1.807, 2.05) is 12.1 Å². The molecule has 0 saturated carbocycles. The number of fused-ring (bicyclic) bond motifs is 1. The molecule has 0 aliphatic heterocycles. The van der Waals surface area contributed by atoms with Gasteiger partial charge in [0.1, 0.15) is 5.75 Å². The Hall–Kier alpha value is -1.80. The minimum absolute atomic E-state index is 0.881. The molecule has 3 aromatic carbocycles. The lowest BCUT2D eigenvalue weighted by Gasteiger charge is -2.06. The maximum Gasteiger partial charge on any atom is 0.119 e. The Morgan fingerprint density at radius 1 is 0.789 bits per heavy atom. The lowest BCUT2D eigenvalue weighted by atomic mass is 10.0. The molecule has 3 rings (SSSR count). The third-order valence-corrected chi connectivity index (χ3v) is 3.70. The minimum atomic E-state index is 0.881. The topological polar surface area (TPSA) is 9.23 Å². The number of hydrogen-bond acceptors (Lipinski definition) is 1. The molecule has 0 N–H and O–H groups in total. The van der Waals surface area contributed by atoms with Crippen LogP contribution in [0.5, 0.6) is 5.75 Å². The maximum absolute atomic E-state index is 5.28. The lowest BCUT2D eigenvalue weighted by molar-refractivity contribution is 0.415. The van der Waals surface area contributed by atoms with Crippen LogP contribution < -0.4 is 4.74 Å². The van der Waals surface area contributed by atoms with E-state index in [1.165, 1.54) is 21.9 Å². The summed E-state index contributed by atoms with van der Waals surface area (Å²) < 4.78 is 6.38. The second-order valence-corrected chi connectivity index (χ2v) is 5.35. The summed E-state index contributed by atoms with van der Waals surface area (Å²) in [6.07, 6.45) is 0. The largest absolute Gasteiger partial charge is 0.497 e. The summed E-state index contributed by atoms with van der Waals surface area (Å²) in [7, 11) is 1.69. The van der Waals surface area contributed by atoms with E-state index in [0.29, 0.717) is 0 Å². The normalized spacial score (nSPS) is 10.6. The van der Waals surface area contributed by atoms with Crippen molar-refractivity contribution in [3.8, 4) is 16.9 Å². The van der Waals surface area contributed by atoms with E-state index in [2.05, 4.69) is 64.5 Å². The van der Waals surface area contributed by atoms with E-state index in [4.69, 9.17) is 4.74 Å². The highest BCUT2D eigenvalue weighted by atomic mass is 79.9. The van der Waals surface area contributed by atoms with Crippen molar-refractivity contribution in [2.24, 2.45) is 0 Å². The van der Waals surface area contributed by atoms with Crippen LogP contribution in [0.15, 0.2) is 65.1 Å². The van der Waals surface area contributed by atoms with Crippen LogP contribution in [0.2, 0.25) is 0 Å². The third-order valence-electron chi connectivity index (χ3n) is 3.21. The fourth-order valence-corrected chi connectivity index (χ4v) is 2.58. The second-order valence-electron chi connectivity index (χ2n) is 4.44. The predicted molar refractivity (Wildman–Crippen MR) is 83.6 cm³/mol. The zero-order chi connectivity index (χ0) is 13.2. The Kier molecular flexibility index (Phi) is 3.26. The fourth-order valence-electron chi connectivity index (χ4n) is 2.20. The average molecular weight is 313 g/mol. The highest BCUT2D eigenvalue weighted by Gasteiger charge is 2.02. The van der Waals surface area contributed by atoms with Gasteiger partial charge in [-0.1, -0.05) is 46.3 Å². The molecule has 0 aliphatic carbocycles. The highest BCUT2D eigenvalue weighted by Crippen LogP contribution is 2.28. The molecule has 0 radical (unpaired) electrons. The van der Waals surface area contributed by atoms with Crippen LogP contribution in [0.1, 0.15) is 0 Å². The van der Waals surface area contributed by atoms with Crippen LogP contribution in [0.3, 0.4) is 0 Å². The highest BCUT2D eigenvalue weighted by molar-refractivity contribution is 9.10. The molecule has 0 unspecified atom stereocenters. The zero-order valence-electron chi connectivity index (χ0n) is 10.6. The van der Waals surface area contributed by atoms with Gasteiger partial charge >= 0.3 is 0 Å². The monoisotopic (exact) mass is 312 g/mol. The standard InChI is InChI=1S/C17H13BrO/c1-19-17-4-2-3-13(11-17)14-6-5-12-7-8-16(18)10-15(12)9-14/h2-11H,1H3. The molecule has 3 aromatic rings. The molecule has 0 amide bonds. The van der Waals surface area contributed by atoms with Gasteiger partial charge in [-0.2, -0.15) is 0 Å². The van der Waals surface area contributed by atoms with Crippen molar-refractivity contribution < 1.29 is 4.74 Å². The van der Waals surface area contributed by atoms with Gasteiger partial charge in [0.25, 0.3) is 0 Å². The van der Waals surface area contributed by atoms with E-state index >= 15 is 0 Å². The van der Waals surface area contributed by atoms with Gasteiger partial charge < -0.3 is 4.74 Å². The summed E-state index contributed by atoms with van der Waals surface area (Å²) in [6.45, 7) is 0. The summed E-state index contributed by atoms with van der Waals surface area (Å²) in [6, 6.07) is 20.9. The summed E-state index contributed by atoms with van der Waals surface area (Å²) in [5.74, 6) is 0.881. The number of hydrogen-bond donors (Lipinski definition) is 0. The van der Waals surface area contributed by atoms with Crippen molar-refractivity contribution in [2.75, 3.05) is 7.11 Å². The number of ether oxygens (including phenoxy) is 1. The van der Waals surface area contributed by atoms with Crippen LogP contribution in [-0.2, 0) is 0 Å². The lowest BCUT2D eigenvalue weighted by Crippen LogP contribution is -1.84. The first-order valence-electron chi connectivity index (χ1n) is 6.10. The molecule has 0 spiro atoms. The molecular weight excluding hydrogens is 300 g/mol. The van der Waals surface area contributed by atoms with Gasteiger partial charge in [-0.25, -0.2) is 0 Å². The summed E-state index contributed by atoms with van der Waals surface area (Å²) in [5.41, 5.74) is 2.37. The van der Waals surface area contributed by atoms with E-state index in [0.717, 1.165) is 10.2 Å². The molecule has 1 nitrogen and oxygen atoms in total. The van der Waals surface area contributed by atoms with Crippen LogP contribution in [0, 0.1) is 0 Å². The molecule has 0 atom stereocenters. The molecule has 0 heterocycles. The van der Waals surface area contributed by atoms with Gasteiger partial charge in [0.15, 0.2) is 0 Å². The fraction of sp³-hybridized carbons (Fsp3) is 0.0588. The van der Waals surface area contributed by atoms with Crippen molar-refractivity contribution in [2.45, 2.75) is 0 Å². The van der Waals surface area contributed by atoms with Gasteiger partial charge in [0, 0.05) is 4.47 Å². The maximum atomic E-state index is 5.28. The molecule has 0 aliphatic rings. The van der Waals surface area contributed by atoms with Crippen molar-refractivity contribution in [1.29, 1.82) is 0 Å². The molecule has 0 aromatic heterocycles. The summed E-state index contributed by atoms with van der Waals surface area (Å²) in [4.78, 5) is 0. The molecule has 94 valence electrons. The van der Waals surface area contributed by atoms with Crippen LogP contribution in [0.4, 0.5) is 0 Å². The number of halogens is 1. The van der Waals surface area contributed by atoms with Crippen molar-refractivity contribution in [3.63, 3.8) is 0 Å². The molecule has 0 saturated heterocycles. The minimum Gasteiger partial charge on any atom is -0.497 e. The van der Waals surface area contributed by atoms with E-state index < -0.39 is 0 Å². The number of methoxy groups -OCH3 is 1. The Bertz CT molecular complexity index is 734. The quantitative estimate of drug-likeness (QED) is 0.625. The summed E-state index contributed by atoms with van der Waals surface area (Å²) in [5, 5.41) is 2.48. The average Bonchev–Trinajstić information content (AvgIpc) is 2.46. The van der Waals surface area contributed by atoms with E-state index in [-0.39, 0.29) is 0 Å². The predicted octanol–water partition coefficient (Wildman–Crippen LogP) is 5.28. The molecule has 0 fully saturated rings. The number of benzene rings is 3. The van der Waals surface area contributed by atoms with Crippen molar-refractivity contribution in [3.05, 3.63) is 65.1 Å². The smallest absolute Gasteiger partial charge is 0.119 e. The number of rotatable bonds is 2. The molecule has 2 heteroatoms. The van der Waals surface area contributed by atoms with Gasteiger partial charge in [-0.05, 0) is 52.2 Å². The van der Waals surface area contributed by atoms with Crippen LogP contribution in [0.25, 0.3) is 21.9 Å². The molecule has 19 heavy (non-hydrogen) atoms. The zero-order valence-corrected chi connectivity index (χ0v) is 12.1. The third kappa shape index (κ3) is 2.49. The SMILES string of the molecule is COc1cccc(-c2ccc3ccc(Br)cc3c2)c1. The van der Waals surface area contributed by atoms with E-state index in [9.17, 15) is 0 Å². The van der Waals surface area contributed by atoms with Gasteiger partial charge in [-0.3, -0.25) is 0 Å². The summed E-state index contributed by atoms with van der Waals surface area (Å²) >= 11 is 3.52.